The summed E-state index contributed by atoms with van der Waals surface area (Å²) in [5.74, 6) is 1.04. The van der Waals surface area contributed by atoms with Crippen molar-refractivity contribution in [2.75, 3.05) is 6.54 Å². The van der Waals surface area contributed by atoms with Crippen molar-refractivity contribution >= 4 is 24.0 Å². The Hall–Kier alpha value is -2.60. The lowest BCUT2D eigenvalue weighted by Gasteiger charge is -2.35. The van der Waals surface area contributed by atoms with Gasteiger partial charge in [-0.3, -0.25) is 4.79 Å². The summed E-state index contributed by atoms with van der Waals surface area (Å²) in [5.41, 5.74) is 6.92. The number of hydrogen-bond donors (Lipinski definition) is 1. The monoisotopic (exact) mass is 283 g/mol. The van der Waals surface area contributed by atoms with Crippen LogP contribution in [0.3, 0.4) is 0 Å². The van der Waals surface area contributed by atoms with Gasteiger partial charge in [-0.05, 0) is 24.6 Å². The molecule has 0 saturated carbocycles. The summed E-state index contributed by atoms with van der Waals surface area (Å²) in [5, 5.41) is 0. The molecule has 2 aromatic heterocycles. The van der Waals surface area contributed by atoms with Crippen LogP contribution in [-0.4, -0.2) is 28.8 Å². The fraction of sp³-hybridized carbons (Fsp3) is 0.200. The van der Waals surface area contributed by atoms with Crippen molar-refractivity contribution in [3.8, 4) is 0 Å². The zero-order valence-electron chi connectivity index (χ0n) is 11.4. The number of pyridine rings is 2. The third-order valence-electron chi connectivity index (χ3n) is 3.82. The molecule has 0 spiro atoms. The third-order valence-corrected chi connectivity index (χ3v) is 3.82. The van der Waals surface area contributed by atoms with Crippen molar-refractivity contribution in [3.63, 3.8) is 0 Å². The Morgan fingerprint density at radius 1 is 1.29 bits per heavy atom. The van der Waals surface area contributed by atoms with Crippen LogP contribution < -0.4 is 10.2 Å². The van der Waals surface area contributed by atoms with E-state index in [2.05, 4.69) is 9.97 Å². The number of hydrogen-bond acceptors (Lipinski definition) is 4. The minimum absolute atomic E-state index is 0.238. The maximum Gasteiger partial charge on any atom is 0.426 e. The highest BCUT2D eigenvalue weighted by atomic mass is 16.2. The van der Waals surface area contributed by atoms with Gasteiger partial charge < -0.3 is 5.73 Å². The second kappa shape index (κ2) is 5.06. The molecule has 0 fully saturated rings. The zero-order valence-corrected chi connectivity index (χ0v) is 11.4. The Bertz CT molecular complexity index is 702. The molecule has 3 heterocycles. The number of nitrogens with two attached hydrogens (primary N) is 1. The lowest BCUT2D eigenvalue weighted by atomic mass is 10.0. The molecular formula is C15H15N4O2+. The number of aldehydes is 1. The molecule has 2 aromatic rings. The summed E-state index contributed by atoms with van der Waals surface area (Å²) in [6.07, 6.45) is 3.90. The highest BCUT2D eigenvalue weighted by Gasteiger charge is 2.46. The largest absolute Gasteiger partial charge is 0.426 e. The number of fused-ring (bicyclic) bond motifs is 1. The number of rotatable bonds is 2. The first-order valence-corrected chi connectivity index (χ1v) is 6.74. The summed E-state index contributed by atoms with van der Waals surface area (Å²) in [7, 11) is 0. The minimum Gasteiger partial charge on any atom is -0.318 e. The molecule has 0 aliphatic carbocycles. The van der Waals surface area contributed by atoms with Crippen molar-refractivity contribution in [3.05, 3.63) is 47.8 Å². The maximum absolute atomic E-state index is 12.3. The van der Waals surface area contributed by atoms with Crippen LogP contribution in [0, 0.1) is 0 Å². The standard InChI is InChI=1S/C15H14N4O2/c16-15(21)19(13-5-1-2-8-17-13)9-3-4-11-6-7-12(10-20)18-14(11)19/h1-2,5-8,10H,3-4,9H2,(H-,16,21)/p+1. The van der Waals surface area contributed by atoms with Gasteiger partial charge in [0.1, 0.15) is 12.2 Å². The van der Waals surface area contributed by atoms with Gasteiger partial charge in [-0.2, -0.15) is 4.98 Å². The van der Waals surface area contributed by atoms with Crippen molar-refractivity contribution in [1.29, 1.82) is 0 Å². The summed E-state index contributed by atoms with van der Waals surface area (Å²) in [6.45, 7) is 0.495. The number of amides is 2. The number of carbonyl (C=O) groups is 2. The Kier molecular flexibility index (Phi) is 3.23. The Balaban J connectivity index is 2.29. The molecule has 1 unspecified atom stereocenters. The number of primary amides is 1. The molecule has 0 aromatic carbocycles. The molecule has 106 valence electrons. The van der Waals surface area contributed by atoms with E-state index in [-0.39, 0.29) is 10.2 Å². The van der Waals surface area contributed by atoms with Crippen LogP contribution in [0.2, 0.25) is 0 Å². The number of aromatic nitrogens is 2. The number of aryl methyl sites for hydroxylation is 1. The summed E-state index contributed by atoms with van der Waals surface area (Å²) < 4.78 is -0.238. The Morgan fingerprint density at radius 3 is 2.81 bits per heavy atom. The summed E-state index contributed by atoms with van der Waals surface area (Å²) in [6, 6.07) is 8.31. The van der Waals surface area contributed by atoms with Gasteiger partial charge in [0.15, 0.2) is 6.29 Å². The SMILES string of the molecule is NC(=O)[N+]1(c2ccccn2)CCCc2ccc(C=O)nc21. The quantitative estimate of drug-likeness (QED) is 0.674. The van der Waals surface area contributed by atoms with Gasteiger partial charge in [0.05, 0.1) is 0 Å². The average molecular weight is 283 g/mol. The first-order chi connectivity index (χ1) is 10.2. The fourth-order valence-corrected chi connectivity index (χ4v) is 2.83. The second-order valence-corrected chi connectivity index (χ2v) is 5.00. The fourth-order valence-electron chi connectivity index (χ4n) is 2.83. The molecule has 0 bridgehead atoms. The van der Waals surface area contributed by atoms with Gasteiger partial charge in [0.25, 0.3) is 0 Å². The van der Waals surface area contributed by atoms with Crippen LogP contribution in [0.1, 0.15) is 22.5 Å². The Labute approximate surface area is 121 Å². The van der Waals surface area contributed by atoms with E-state index in [1.54, 1.807) is 24.4 Å². The van der Waals surface area contributed by atoms with Crippen molar-refractivity contribution in [2.45, 2.75) is 12.8 Å². The normalized spacial score (nSPS) is 20.6. The highest BCUT2D eigenvalue weighted by molar-refractivity contribution is 5.92. The van der Waals surface area contributed by atoms with Crippen molar-refractivity contribution < 1.29 is 9.59 Å². The van der Waals surface area contributed by atoms with E-state index in [0.29, 0.717) is 24.5 Å². The average Bonchev–Trinajstić information content (AvgIpc) is 2.54. The maximum atomic E-state index is 12.3. The molecule has 2 amide bonds. The molecule has 3 rings (SSSR count). The molecule has 6 nitrogen and oxygen atoms in total. The lowest BCUT2D eigenvalue weighted by molar-refractivity contribution is 0.111. The lowest BCUT2D eigenvalue weighted by Crippen LogP contribution is -2.56. The van der Waals surface area contributed by atoms with E-state index in [1.807, 2.05) is 12.1 Å². The number of carbonyl (C=O) groups excluding carboxylic acids is 2. The van der Waals surface area contributed by atoms with Gasteiger partial charge in [-0.25, -0.2) is 9.78 Å². The van der Waals surface area contributed by atoms with Crippen LogP contribution in [0.25, 0.3) is 0 Å². The molecular weight excluding hydrogens is 268 g/mol. The smallest absolute Gasteiger partial charge is 0.318 e. The molecule has 0 radical (unpaired) electrons. The first kappa shape index (κ1) is 13.4. The number of nitrogens with zero attached hydrogens (tertiary/aromatic N) is 3. The van der Waals surface area contributed by atoms with Crippen LogP contribution in [0.5, 0.6) is 0 Å². The molecule has 1 aliphatic rings. The van der Waals surface area contributed by atoms with E-state index >= 15 is 0 Å². The highest BCUT2D eigenvalue weighted by Crippen LogP contribution is 2.38. The van der Waals surface area contributed by atoms with Gasteiger partial charge in [0.2, 0.25) is 11.6 Å². The Morgan fingerprint density at radius 2 is 2.14 bits per heavy atom. The topological polar surface area (TPSA) is 85.9 Å². The molecule has 21 heavy (non-hydrogen) atoms. The predicted molar refractivity (Wildman–Crippen MR) is 78.1 cm³/mol. The van der Waals surface area contributed by atoms with Gasteiger partial charge in [-0.1, -0.05) is 6.07 Å². The summed E-state index contributed by atoms with van der Waals surface area (Å²) >= 11 is 0. The van der Waals surface area contributed by atoms with Gasteiger partial charge in [0, 0.05) is 24.2 Å². The molecule has 1 atom stereocenters. The van der Waals surface area contributed by atoms with Crippen LogP contribution in [0.4, 0.5) is 16.4 Å². The second-order valence-electron chi connectivity index (χ2n) is 5.00. The van der Waals surface area contributed by atoms with E-state index in [4.69, 9.17) is 5.73 Å². The number of urea groups is 1. The van der Waals surface area contributed by atoms with Crippen molar-refractivity contribution in [2.24, 2.45) is 5.73 Å². The molecule has 6 heteroatoms. The van der Waals surface area contributed by atoms with E-state index in [0.717, 1.165) is 18.4 Å². The van der Waals surface area contributed by atoms with Crippen LogP contribution >= 0.6 is 0 Å². The van der Waals surface area contributed by atoms with Crippen LogP contribution in [0.15, 0.2) is 36.5 Å². The first-order valence-electron chi connectivity index (χ1n) is 6.74. The molecule has 1 aliphatic heterocycles. The predicted octanol–water partition coefficient (Wildman–Crippen LogP) is 1.95. The summed E-state index contributed by atoms with van der Waals surface area (Å²) in [4.78, 5) is 31.9. The van der Waals surface area contributed by atoms with Gasteiger partial charge in [-0.15, -0.1) is 4.48 Å². The van der Waals surface area contributed by atoms with E-state index < -0.39 is 6.03 Å². The molecule has 0 saturated heterocycles. The van der Waals surface area contributed by atoms with E-state index in [9.17, 15) is 9.59 Å². The van der Waals surface area contributed by atoms with Gasteiger partial charge >= 0.3 is 6.03 Å². The minimum atomic E-state index is -0.537. The number of quaternary nitrogens is 1. The van der Waals surface area contributed by atoms with Crippen LogP contribution in [-0.2, 0) is 6.42 Å². The van der Waals surface area contributed by atoms with E-state index in [1.165, 1.54) is 0 Å². The van der Waals surface area contributed by atoms with Crippen molar-refractivity contribution in [1.82, 2.24) is 14.5 Å². The zero-order chi connectivity index (χ0) is 14.9. The third kappa shape index (κ3) is 2.00. The molecule has 2 N–H and O–H groups in total.